The summed E-state index contributed by atoms with van der Waals surface area (Å²) >= 11 is 10.1. The summed E-state index contributed by atoms with van der Waals surface area (Å²) in [5, 5.41) is 12.1. The molecule has 0 unspecified atom stereocenters. The Morgan fingerprint density at radius 2 is 1.85 bits per heavy atom. The first-order valence-electron chi connectivity index (χ1n) is 10.7. The Kier molecular flexibility index (Phi) is 6.54. The van der Waals surface area contributed by atoms with E-state index in [1.54, 1.807) is 17.0 Å². The second-order valence-electron chi connectivity index (χ2n) is 9.48. The van der Waals surface area contributed by atoms with Crippen LogP contribution in [0.2, 0.25) is 5.02 Å². The van der Waals surface area contributed by atoms with Crippen LogP contribution in [-0.2, 0) is 14.3 Å². The Morgan fingerprint density at radius 1 is 1.12 bits per heavy atom. The minimum absolute atomic E-state index is 0.219. The van der Waals surface area contributed by atoms with Crippen molar-refractivity contribution in [3.63, 3.8) is 0 Å². The van der Waals surface area contributed by atoms with Crippen LogP contribution in [0.4, 0.5) is 5.69 Å². The molecule has 0 fully saturated rings. The molecule has 2 atom stereocenters. The van der Waals surface area contributed by atoms with Gasteiger partial charge in [0.05, 0.1) is 6.42 Å². The smallest absolute Gasteiger partial charge is 0.306 e. The lowest BCUT2D eigenvalue weighted by atomic mass is 9.93. The SMILES string of the molecule is CC(C)(C)CN1C(=O)[C@@H](CC(=O)O)O[C@H](c2ccc3ccccc3c2Br)c2cc(Cl)ccc21. The highest BCUT2D eigenvalue weighted by Gasteiger charge is 2.39. The van der Waals surface area contributed by atoms with E-state index in [-0.39, 0.29) is 11.3 Å². The number of carbonyl (C=O) groups excluding carboxylic acids is 1. The molecule has 0 bridgehead atoms. The van der Waals surface area contributed by atoms with E-state index >= 15 is 0 Å². The summed E-state index contributed by atoms with van der Waals surface area (Å²) in [4.78, 5) is 26.9. The van der Waals surface area contributed by atoms with Gasteiger partial charge in [-0.05, 0) is 50.3 Å². The highest BCUT2D eigenvalue weighted by atomic mass is 79.9. The van der Waals surface area contributed by atoms with E-state index in [2.05, 4.69) is 15.9 Å². The van der Waals surface area contributed by atoms with Gasteiger partial charge in [0.25, 0.3) is 5.91 Å². The number of ether oxygens (including phenoxy) is 1. The van der Waals surface area contributed by atoms with Crippen LogP contribution < -0.4 is 4.90 Å². The van der Waals surface area contributed by atoms with Crippen molar-refractivity contribution >= 4 is 55.9 Å². The van der Waals surface area contributed by atoms with Crippen molar-refractivity contribution in [1.29, 1.82) is 0 Å². The predicted octanol–water partition coefficient (Wildman–Crippen LogP) is 6.60. The van der Waals surface area contributed by atoms with Gasteiger partial charge in [0.2, 0.25) is 0 Å². The van der Waals surface area contributed by atoms with Gasteiger partial charge in [0.1, 0.15) is 12.2 Å². The van der Waals surface area contributed by atoms with E-state index in [1.807, 2.05) is 63.2 Å². The highest BCUT2D eigenvalue weighted by Crippen LogP contribution is 2.44. The van der Waals surface area contributed by atoms with E-state index in [9.17, 15) is 14.7 Å². The average molecular weight is 531 g/mol. The van der Waals surface area contributed by atoms with Gasteiger partial charge in [-0.2, -0.15) is 0 Å². The Bertz CT molecular complexity index is 1240. The number of rotatable bonds is 4. The third-order valence-electron chi connectivity index (χ3n) is 5.57. The lowest BCUT2D eigenvalue weighted by molar-refractivity contribution is -0.147. The molecule has 0 radical (unpaired) electrons. The quantitative estimate of drug-likeness (QED) is 0.413. The minimum Gasteiger partial charge on any atom is -0.481 e. The van der Waals surface area contributed by atoms with Gasteiger partial charge in [0, 0.05) is 32.9 Å². The fraction of sp³-hybridized carbons (Fsp3) is 0.308. The lowest BCUT2D eigenvalue weighted by Gasteiger charge is -2.31. The zero-order valence-electron chi connectivity index (χ0n) is 18.6. The van der Waals surface area contributed by atoms with Gasteiger partial charge in [-0.1, -0.05) is 68.8 Å². The molecule has 5 nitrogen and oxygen atoms in total. The van der Waals surface area contributed by atoms with Crippen molar-refractivity contribution in [3.05, 3.63) is 75.2 Å². The summed E-state index contributed by atoms with van der Waals surface area (Å²) < 4.78 is 7.15. The van der Waals surface area contributed by atoms with Crippen molar-refractivity contribution in [2.75, 3.05) is 11.4 Å². The summed E-state index contributed by atoms with van der Waals surface area (Å²) in [5.41, 5.74) is 1.99. The zero-order valence-corrected chi connectivity index (χ0v) is 21.0. The first kappa shape index (κ1) is 23.7. The summed E-state index contributed by atoms with van der Waals surface area (Å²) in [7, 11) is 0. The molecule has 1 N–H and O–H groups in total. The first-order valence-corrected chi connectivity index (χ1v) is 11.9. The monoisotopic (exact) mass is 529 g/mol. The number of carboxylic acid groups (broad SMARTS) is 1. The maximum atomic E-state index is 13.6. The van der Waals surface area contributed by atoms with Crippen LogP contribution in [0.3, 0.4) is 0 Å². The van der Waals surface area contributed by atoms with Gasteiger partial charge in [-0.3, -0.25) is 9.59 Å². The van der Waals surface area contributed by atoms with Crippen LogP contribution in [0, 0.1) is 5.41 Å². The van der Waals surface area contributed by atoms with Crippen molar-refractivity contribution in [1.82, 2.24) is 0 Å². The molecule has 7 heteroatoms. The molecule has 1 amide bonds. The zero-order chi connectivity index (χ0) is 23.9. The molecule has 3 aromatic rings. The van der Waals surface area contributed by atoms with E-state index in [0.717, 1.165) is 26.4 Å². The molecule has 4 rings (SSSR count). The molecule has 3 aromatic carbocycles. The number of nitrogens with zero attached hydrogens (tertiary/aromatic N) is 1. The normalized spacial score (nSPS) is 18.8. The molecule has 1 aliphatic rings. The largest absolute Gasteiger partial charge is 0.481 e. The van der Waals surface area contributed by atoms with E-state index in [4.69, 9.17) is 16.3 Å². The van der Waals surface area contributed by atoms with Crippen molar-refractivity contribution in [2.45, 2.75) is 39.4 Å². The summed E-state index contributed by atoms with van der Waals surface area (Å²) in [6.07, 6.45) is -2.25. The topological polar surface area (TPSA) is 66.8 Å². The van der Waals surface area contributed by atoms with Gasteiger partial charge < -0.3 is 14.7 Å². The van der Waals surface area contributed by atoms with Gasteiger partial charge in [-0.15, -0.1) is 0 Å². The minimum atomic E-state index is -1.14. The first-order chi connectivity index (χ1) is 15.5. The van der Waals surface area contributed by atoms with E-state index in [1.165, 1.54) is 0 Å². The Hall–Kier alpha value is -2.41. The molecule has 0 saturated heterocycles. The number of halogens is 2. The fourth-order valence-corrected chi connectivity index (χ4v) is 5.08. The average Bonchev–Trinajstić information content (AvgIpc) is 2.83. The summed E-state index contributed by atoms with van der Waals surface area (Å²) in [5.74, 6) is -1.46. The standard InChI is InChI=1S/C26H25BrClNO4/c1-26(2,3)14-29-20-11-9-16(28)12-19(20)24(33-21(25(29)32)13-22(30)31)18-10-8-15-6-4-5-7-17(15)23(18)27/h4-12,21,24H,13-14H2,1-3H3,(H,30,31)/t21-,24-/m1/s1. The Balaban J connectivity index is 1.95. The number of anilines is 1. The molecule has 33 heavy (non-hydrogen) atoms. The van der Waals surface area contributed by atoms with Crippen LogP contribution in [0.25, 0.3) is 10.8 Å². The molecule has 172 valence electrons. The number of carbonyl (C=O) groups is 2. The Morgan fingerprint density at radius 3 is 2.55 bits per heavy atom. The van der Waals surface area contributed by atoms with Crippen molar-refractivity contribution < 1.29 is 19.4 Å². The van der Waals surface area contributed by atoms with Gasteiger partial charge in [-0.25, -0.2) is 0 Å². The second kappa shape index (κ2) is 9.09. The van der Waals surface area contributed by atoms with Crippen molar-refractivity contribution in [2.24, 2.45) is 5.41 Å². The molecule has 0 aliphatic carbocycles. The summed E-state index contributed by atoms with van der Waals surface area (Å²) in [6, 6.07) is 17.3. The van der Waals surface area contributed by atoms with Crippen LogP contribution in [0.5, 0.6) is 0 Å². The van der Waals surface area contributed by atoms with E-state index < -0.39 is 24.6 Å². The molecule has 0 spiro atoms. The third-order valence-corrected chi connectivity index (χ3v) is 6.69. The number of hydrogen-bond acceptors (Lipinski definition) is 3. The maximum Gasteiger partial charge on any atom is 0.306 e. The number of amides is 1. The second-order valence-corrected chi connectivity index (χ2v) is 10.7. The number of benzene rings is 3. The number of aliphatic carboxylic acids is 1. The number of carboxylic acids is 1. The maximum absolute atomic E-state index is 13.6. The molecule has 1 heterocycles. The highest BCUT2D eigenvalue weighted by molar-refractivity contribution is 9.10. The van der Waals surface area contributed by atoms with Gasteiger partial charge in [0.15, 0.2) is 0 Å². The summed E-state index contributed by atoms with van der Waals surface area (Å²) in [6.45, 7) is 6.51. The predicted molar refractivity (Wildman–Crippen MR) is 134 cm³/mol. The van der Waals surface area contributed by atoms with E-state index in [0.29, 0.717) is 17.3 Å². The fourth-order valence-electron chi connectivity index (χ4n) is 4.19. The molecule has 1 aliphatic heterocycles. The van der Waals surface area contributed by atoms with Crippen molar-refractivity contribution in [3.8, 4) is 0 Å². The van der Waals surface area contributed by atoms with Crippen LogP contribution in [0.15, 0.2) is 59.1 Å². The number of fused-ring (bicyclic) bond motifs is 2. The molecular formula is C26H25BrClNO4. The molecule has 0 saturated carbocycles. The van der Waals surface area contributed by atoms with Crippen LogP contribution >= 0.6 is 27.5 Å². The lowest BCUT2D eigenvalue weighted by Crippen LogP contribution is -2.44. The molecule has 0 aromatic heterocycles. The Labute approximate surface area is 206 Å². The van der Waals surface area contributed by atoms with Crippen LogP contribution in [-0.4, -0.2) is 29.6 Å². The molecular weight excluding hydrogens is 506 g/mol. The number of hydrogen-bond donors (Lipinski definition) is 1. The van der Waals surface area contributed by atoms with Gasteiger partial charge >= 0.3 is 5.97 Å². The van der Waals surface area contributed by atoms with Crippen LogP contribution in [0.1, 0.15) is 44.4 Å². The third kappa shape index (κ3) is 4.93.